The van der Waals surface area contributed by atoms with Gasteiger partial charge in [-0.2, -0.15) is 0 Å². The molecule has 2 aromatic carbocycles. The van der Waals surface area contributed by atoms with Crippen LogP contribution in [-0.4, -0.2) is 36.3 Å². The summed E-state index contributed by atoms with van der Waals surface area (Å²) in [5.41, 5.74) is 4.40. The van der Waals surface area contributed by atoms with Gasteiger partial charge in [0.15, 0.2) is 0 Å². The highest BCUT2D eigenvalue weighted by molar-refractivity contribution is 5.85. The lowest BCUT2D eigenvalue weighted by Gasteiger charge is -2.41. The zero-order chi connectivity index (χ0) is 22.0. The molecule has 2 fully saturated rings. The Morgan fingerprint density at radius 3 is 2.45 bits per heavy atom. The van der Waals surface area contributed by atoms with Crippen LogP contribution in [-0.2, 0) is 16.0 Å². The first-order chi connectivity index (χ1) is 14.9. The second kappa shape index (κ2) is 8.86. The summed E-state index contributed by atoms with van der Waals surface area (Å²) in [6.07, 6.45) is 3.17. The Bertz CT molecular complexity index is 959. The number of hydrogen-bond donors (Lipinski definition) is 1. The van der Waals surface area contributed by atoms with Gasteiger partial charge in [-0.1, -0.05) is 55.5 Å². The highest BCUT2D eigenvalue weighted by atomic mass is 16.2. The first-order valence-electron chi connectivity index (χ1n) is 11.7. The standard InChI is InChI=1S/C27H34N2O2/c1-4-28-26(31)27(12-14-29(15-13-27)25(30)24-16-20(24)3)18-21-9-7-10-22(17-21)23-11-6-5-8-19(23)2/h5-11,17,20,24H,4,12-16,18H2,1-3H3,(H,28,31). The van der Waals surface area contributed by atoms with Gasteiger partial charge < -0.3 is 10.2 Å². The van der Waals surface area contributed by atoms with Crippen molar-refractivity contribution in [2.45, 2.75) is 46.5 Å². The van der Waals surface area contributed by atoms with E-state index in [4.69, 9.17) is 0 Å². The average Bonchev–Trinajstić information content (AvgIpc) is 3.51. The molecule has 1 N–H and O–H groups in total. The molecule has 0 bridgehead atoms. The van der Waals surface area contributed by atoms with Crippen molar-refractivity contribution in [3.8, 4) is 11.1 Å². The third-order valence-corrected chi connectivity index (χ3v) is 7.20. The number of benzene rings is 2. The van der Waals surface area contributed by atoms with E-state index in [-0.39, 0.29) is 11.8 Å². The molecule has 0 spiro atoms. The van der Waals surface area contributed by atoms with Crippen LogP contribution >= 0.6 is 0 Å². The van der Waals surface area contributed by atoms with Crippen molar-refractivity contribution in [1.29, 1.82) is 0 Å². The Morgan fingerprint density at radius 1 is 1.10 bits per heavy atom. The Kier molecular flexibility index (Phi) is 6.17. The lowest BCUT2D eigenvalue weighted by molar-refractivity contribution is -0.141. The van der Waals surface area contributed by atoms with Crippen molar-refractivity contribution in [3.63, 3.8) is 0 Å². The number of carbonyl (C=O) groups excluding carboxylic acids is 2. The normalized spacial score (nSPS) is 22.1. The fraction of sp³-hybridized carbons (Fsp3) is 0.481. The Morgan fingerprint density at radius 2 is 1.81 bits per heavy atom. The zero-order valence-corrected chi connectivity index (χ0v) is 19.0. The van der Waals surface area contributed by atoms with Gasteiger partial charge in [0.1, 0.15) is 0 Å². The molecule has 2 amide bonds. The van der Waals surface area contributed by atoms with E-state index in [0.29, 0.717) is 37.9 Å². The fourth-order valence-electron chi connectivity index (χ4n) is 5.02. The molecule has 4 heteroatoms. The quantitative estimate of drug-likeness (QED) is 0.745. The molecule has 0 radical (unpaired) electrons. The molecule has 1 saturated heterocycles. The van der Waals surface area contributed by atoms with E-state index in [1.54, 1.807) is 0 Å². The van der Waals surface area contributed by atoms with Gasteiger partial charge in [0, 0.05) is 25.6 Å². The molecular formula is C27H34N2O2. The lowest BCUT2D eigenvalue weighted by Crippen LogP contribution is -2.51. The van der Waals surface area contributed by atoms with Crippen LogP contribution in [0.4, 0.5) is 0 Å². The van der Waals surface area contributed by atoms with Crippen LogP contribution in [0.3, 0.4) is 0 Å². The number of likely N-dealkylation sites (tertiary alicyclic amines) is 1. The van der Waals surface area contributed by atoms with Crippen molar-refractivity contribution in [3.05, 3.63) is 59.7 Å². The second-order valence-electron chi connectivity index (χ2n) is 9.48. The number of piperidine rings is 1. The van der Waals surface area contributed by atoms with Crippen molar-refractivity contribution in [1.82, 2.24) is 10.2 Å². The summed E-state index contributed by atoms with van der Waals surface area (Å²) in [6, 6.07) is 17.0. The molecule has 164 valence electrons. The second-order valence-corrected chi connectivity index (χ2v) is 9.48. The summed E-state index contributed by atoms with van der Waals surface area (Å²) in [5.74, 6) is 1.15. The molecule has 2 aliphatic rings. The number of hydrogen-bond acceptors (Lipinski definition) is 2. The number of amides is 2. The molecule has 1 aliphatic heterocycles. The molecule has 2 aromatic rings. The van der Waals surface area contributed by atoms with Gasteiger partial charge in [0.05, 0.1) is 5.41 Å². The van der Waals surface area contributed by atoms with E-state index in [1.165, 1.54) is 22.3 Å². The first kappa shape index (κ1) is 21.6. The van der Waals surface area contributed by atoms with Crippen molar-refractivity contribution in [2.75, 3.05) is 19.6 Å². The van der Waals surface area contributed by atoms with E-state index in [2.05, 4.69) is 67.7 Å². The molecule has 31 heavy (non-hydrogen) atoms. The van der Waals surface area contributed by atoms with Gasteiger partial charge >= 0.3 is 0 Å². The molecule has 2 unspecified atom stereocenters. The highest BCUT2D eigenvalue weighted by Gasteiger charge is 2.46. The van der Waals surface area contributed by atoms with Gasteiger partial charge in [-0.25, -0.2) is 0 Å². The van der Waals surface area contributed by atoms with Crippen LogP contribution in [0, 0.1) is 24.2 Å². The highest BCUT2D eigenvalue weighted by Crippen LogP contribution is 2.42. The Labute approximate surface area is 186 Å². The van der Waals surface area contributed by atoms with E-state index in [9.17, 15) is 9.59 Å². The zero-order valence-electron chi connectivity index (χ0n) is 19.0. The topological polar surface area (TPSA) is 49.4 Å². The minimum atomic E-state index is -0.452. The molecule has 4 nitrogen and oxygen atoms in total. The third kappa shape index (κ3) is 4.53. The maximum absolute atomic E-state index is 13.2. The van der Waals surface area contributed by atoms with Crippen LogP contribution in [0.5, 0.6) is 0 Å². The SMILES string of the molecule is CCNC(=O)C1(Cc2cccc(-c3ccccc3C)c2)CCN(C(=O)C2CC2C)CC1. The fourth-order valence-corrected chi connectivity index (χ4v) is 5.02. The lowest BCUT2D eigenvalue weighted by atomic mass is 9.72. The van der Waals surface area contributed by atoms with Gasteiger partial charge in [-0.15, -0.1) is 0 Å². The summed E-state index contributed by atoms with van der Waals surface area (Å²) in [7, 11) is 0. The maximum atomic E-state index is 13.2. The van der Waals surface area contributed by atoms with Crippen molar-refractivity contribution >= 4 is 11.8 Å². The Balaban J connectivity index is 1.54. The van der Waals surface area contributed by atoms with E-state index in [1.807, 2.05) is 11.8 Å². The van der Waals surface area contributed by atoms with Gasteiger partial charge in [-0.3, -0.25) is 9.59 Å². The summed E-state index contributed by atoms with van der Waals surface area (Å²) in [6.45, 7) is 8.23. The Hall–Kier alpha value is -2.62. The maximum Gasteiger partial charge on any atom is 0.226 e. The predicted octanol–water partition coefficient (Wildman–Crippen LogP) is 4.61. The molecule has 1 aliphatic carbocycles. The van der Waals surface area contributed by atoms with Crippen LogP contribution in [0.2, 0.25) is 0 Å². The van der Waals surface area contributed by atoms with Crippen LogP contribution in [0.25, 0.3) is 11.1 Å². The van der Waals surface area contributed by atoms with Gasteiger partial charge in [0.2, 0.25) is 11.8 Å². The summed E-state index contributed by atoms with van der Waals surface area (Å²) in [5, 5.41) is 3.08. The van der Waals surface area contributed by atoms with E-state index in [0.717, 1.165) is 19.3 Å². The largest absolute Gasteiger partial charge is 0.356 e. The summed E-state index contributed by atoms with van der Waals surface area (Å²) < 4.78 is 0. The van der Waals surface area contributed by atoms with Crippen LogP contribution in [0.1, 0.15) is 44.2 Å². The van der Waals surface area contributed by atoms with Gasteiger partial charge in [-0.05, 0) is 67.7 Å². The first-order valence-corrected chi connectivity index (χ1v) is 11.7. The molecule has 2 atom stereocenters. The van der Waals surface area contributed by atoms with Crippen LogP contribution < -0.4 is 5.32 Å². The van der Waals surface area contributed by atoms with Crippen molar-refractivity contribution in [2.24, 2.45) is 17.3 Å². The number of nitrogens with zero attached hydrogens (tertiary/aromatic N) is 1. The monoisotopic (exact) mass is 418 g/mol. The molecule has 4 rings (SSSR count). The third-order valence-electron chi connectivity index (χ3n) is 7.20. The smallest absolute Gasteiger partial charge is 0.226 e. The summed E-state index contributed by atoms with van der Waals surface area (Å²) in [4.78, 5) is 27.9. The minimum Gasteiger partial charge on any atom is -0.356 e. The number of aryl methyl sites for hydroxylation is 1. The minimum absolute atomic E-state index is 0.128. The molecular weight excluding hydrogens is 384 g/mol. The van der Waals surface area contributed by atoms with Gasteiger partial charge in [0.25, 0.3) is 0 Å². The summed E-state index contributed by atoms with van der Waals surface area (Å²) >= 11 is 0. The molecule has 0 aromatic heterocycles. The van der Waals surface area contributed by atoms with Crippen molar-refractivity contribution < 1.29 is 9.59 Å². The molecule has 1 heterocycles. The molecule has 1 saturated carbocycles. The predicted molar refractivity (Wildman–Crippen MR) is 125 cm³/mol. The number of rotatable bonds is 6. The van der Waals surface area contributed by atoms with E-state index < -0.39 is 5.41 Å². The van der Waals surface area contributed by atoms with E-state index >= 15 is 0 Å². The number of nitrogens with one attached hydrogen (secondary N) is 1. The average molecular weight is 419 g/mol. The van der Waals surface area contributed by atoms with Crippen LogP contribution in [0.15, 0.2) is 48.5 Å². The number of carbonyl (C=O) groups is 2.